The molecule has 1 aliphatic heterocycles. The second kappa shape index (κ2) is 7.37. The summed E-state index contributed by atoms with van der Waals surface area (Å²) in [7, 11) is -3.74. The van der Waals surface area contributed by atoms with Gasteiger partial charge in [0.1, 0.15) is 4.21 Å². The number of hydrogen-bond acceptors (Lipinski definition) is 5. The Bertz CT molecular complexity index is 804. The highest BCUT2D eigenvalue weighted by molar-refractivity contribution is 7.91. The largest absolute Gasteiger partial charge is 0.481 e. The van der Waals surface area contributed by atoms with Crippen LogP contribution in [0.1, 0.15) is 12.8 Å². The Labute approximate surface area is 150 Å². The van der Waals surface area contributed by atoms with Gasteiger partial charge in [-0.15, -0.1) is 23.7 Å². The highest BCUT2D eigenvalue weighted by Crippen LogP contribution is 2.32. The van der Waals surface area contributed by atoms with Crippen LogP contribution in [0.2, 0.25) is 0 Å². The van der Waals surface area contributed by atoms with Gasteiger partial charge >= 0.3 is 5.97 Å². The molecular weight excluding hydrogens is 372 g/mol. The monoisotopic (exact) mass is 390 g/mol. The highest BCUT2D eigenvalue weighted by atomic mass is 35.5. The molecule has 9 heteroatoms. The van der Waals surface area contributed by atoms with Crippen LogP contribution in [0.4, 0.5) is 0 Å². The number of nitrogens with two attached hydrogens (primary N) is 1. The van der Waals surface area contributed by atoms with Crippen LogP contribution in [0.25, 0.3) is 10.1 Å². The molecule has 132 valence electrons. The molecule has 0 aliphatic carbocycles. The highest BCUT2D eigenvalue weighted by Gasteiger charge is 2.34. The molecule has 1 aliphatic rings. The summed E-state index contributed by atoms with van der Waals surface area (Å²) in [5.74, 6) is -1.69. The molecule has 0 bridgehead atoms. The number of thiophene rings is 1. The molecule has 2 aromatic rings. The molecule has 6 nitrogen and oxygen atoms in total. The van der Waals surface area contributed by atoms with Crippen LogP contribution in [0.5, 0.6) is 0 Å². The first-order chi connectivity index (χ1) is 10.9. The minimum absolute atomic E-state index is 0. The normalized spacial score (nSPS) is 22.7. The molecule has 1 fully saturated rings. The maximum atomic E-state index is 12.9. The van der Waals surface area contributed by atoms with Crippen molar-refractivity contribution >= 4 is 49.8 Å². The van der Waals surface area contributed by atoms with E-state index in [1.165, 1.54) is 15.6 Å². The fraction of sp³-hybridized carbons (Fsp3) is 0.400. The average Bonchev–Trinajstić information content (AvgIpc) is 2.84. The molecule has 1 saturated heterocycles. The maximum Gasteiger partial charge on any atom is 0.307 e. The number of aliphatic carboxylic acids is 1. The number of nitrogens with zero attached hydrogens (tertiary/aromatic N) is 1. The maximum absolute atomic E-state index is 12.9. The van der Waals surface area contributed by atoms with Crippen LogP contribution in [0, 0.1) is 5.92 Å². The first kappa shape index (κ1) is 19.1. The summed E-state index contributed by atoms with van der Waals surface area (Å²) in [5, 5.41) is 10.1. The van der Waals surface area contributed by atoms with Gasteiger partial charge in [0.15, 0.2) is 0 Å². The van der Waals surface area contributed by atoms with Crippen molar-refractivity contribution in [2.45, 2.75) is 23.1 Å². The Kier molecular flexibility index (Phi) is 5.87. The van der Waals surface area contributed by atoms with E-state index in [1.807, 2.05) is 24.3 Å². The second-order valence-electron chi connectivity index (χ2n) is 5.80. The predicted molar refractivity (Wildman–Crippen MR) is 96.2 cm³/mol. The lowest BCUT2D eigenvalue weighted by Crippen LogP contribution is -2.41. The minimum atomic E-state index is -3.74. The van der Waals surface area contributed by atoms with E-state index in [4.69, 9.17) is 5.73 Å². The average molecular weight is 391 g/mol. The van der Waals surface area contributed by atoms with Gasteiger partial charge in [0.25, 0.3) is 10.0 Å². The van der Waals surface area contributed by atoms with Gasteiger partial charge in [-0.2, -0.15) is 4.31 Å². The predicted octanol–water partition coefficient (Wildman–Crippen LogP) is 2.14. The summed E-state index contributed by atoms with van der Waals surface area (Å²) >= 11 is 1.20. The van der Waals surface area contributed by atoms with Crippen LogP contribution in [-0.2, 0) is 14.8 Å². The van der Waals surface area contributed by atoms with E-state index in [9.17, 15) is 18.3 Å². The summed E-state index contributed by atoms with van der Waals surface area (Å²) in [6, 6.07) is 8.74. The van der Waals surface area contributed by atoms with Crippen molar-refractivity contribution < 1.29 is 18.3 Å². The molecule has 24 heavy (non-hydrogen) atoms. The van der Waals surface area contributed by atoms with Crippen molar-refractivity contribution in [3.63, 3.8) is 0 Å². The third-order valence-electron chi connectivity index (χ3n) is 4.09. The van der Waals surface area contributed by atoms with Gasteiger partial charge in [0.05, 0.1) is 5.92 Å². The fourth-order valence-corrected chi connectivity index (χ4v) is 5.88. The molecule has 2 heterocycles. The van der Waals surface area contributed by atoms with E-state index >= 15 is 0 Å². The molecule has 0 amide bonds. The second-order valence-corrected chi connectivity index (χ2v) is 9.05. The molecule has 1 aromatic carbocycles. The minimum Gasteiger partial charge on any atom is -0.481 e. The van der Waals surface area contributed by atoms with Gasteiger partial charge in [0.2, 0.25) is 0 Å². The van der Waals surface area contributed by atoms with Crippen LogP contribution >= 0.6 is 23.7 Å². The van der Waals surface area contributed by atoms with E-state index < -0.39 is 21.9 Å². The molecule has 3 N–H and O–H groups in total. The number of carbonyl (C=O) groups is 1. The van der Waals surface area contributed by atoms with E-state index in [1.54, 1.807) is 6.07 Å². The zero-order valence-corrected chi connectivity index (χ0v) is 15.2. The van der Waals surface area contributed by atoms with Crippen LogP contribution in [-0.4, -0.2) is 42.9 Å². The Morgan fingerprint density at radius 2 is 1.96 bits per heavy atom. The van der Waals surface area contributed by atoms with Crippen LogP contribution < -0.4 is 5.73 Å². The quantitative estimate of drug-likeness (QED) is 0.836. The topological polar surface area (TPSA) is 101 Å². The molecule has 3 rings (SSSR count). The number of halogens is 1. The van der Waals surface area contributed by atoms with Crippen molar-refractivity contribution in [2.75, 3.05) is 13.1 Å². The lowest BCUT2D eigenvalue weighted by Gasteiger charge is -2.22. The SMILES string of the molecule is Cl.N[C@@H]1CC[C@H](C(=O)O)CN(S(=O)(=O)c2cc3ccccc3s2)C1. The number of hydrogen-bond donors (Lipinski definition) is 2. The molecule has 0 saturated carbocycles. The van der Waals surface area contributed by atoms with Gasteiger partial charge in [-0.05, 0) is 30.4 Å². The van der Waals surface area contributed by atoms with Gasteiger partial charge in [-0.3, -0.25) is 4.79 Å². The van der Waals surface area contributed by atoms with Gasteiger partial charge in [0, 0.05) is 23.8 Å². The van der Waals surface area contributed by atoms with Crippen molar-refractivity contribution in [2.24, 2.45) is 11.7 Å². The number of sulfonamides is 1. The number of carboxylic acid groups (broad SMARTS) is 1. The molecule has 0 radical (unpaired) electrons. The Balaban J connectivity index is 0.00000208. The summed E-state index contributed by atoms with van der Waals surface area (Å²) in [5.41, 5.74) is 5.94. The molecule has 1 aromatic heterocycles. The van der Waals surface area contributed by atoms with Crippen LogP contribution in [0.15, 0.2) is 34.5 Å². The smallest absolute Gasteiger partial charge is 0.307 e. The lowest BCUT2D eigenvalue weighted by molar-refractivity contribution is -0.142. The van der Waals surface area contributed by atoms with Crippen molar-refractivity contribution in [1.29, 1.82) is 0 Å². The van der Waals surface area contributed by atoms with E-state index in [-0.39, 0.29) is 35.7 Å². The lowest BCUT2D eigenvalue weighted by atomic mass is 10.0. The Morgan fingerprint density at radius 3 is 2.62 bits per heavy atom. The third-order valence-corrected chi connectivity index (χ3v) is 7.49. The number of rotatable bonds is 3. The summed E-state index contributed by atoms with van der Waals surface area (Å²) < 4.78 is 28.2. The zero-order chi connectivity index (χ0) is 16.6. The van der Waals surface area contributed by atoms with Gasteiger partial charge in [-0.1, -0.05) is 18.2 Å². The first-order valence-corrected chi connectivity index (χ1v) is 9.60. The van der Waals surface area contributed by atoms with E-state index in [0.29, 0.717) is 12.8 Å². The number of benzene rings is 1. The van der Waals surface area contributed by atoms with Gasteiger partial charge in [-0.25, -0.2) is 8.42 Å². The standard InChI is InChI=1S/C15H18N2O4S2.ClH/c16-12-6-5-11(15(18)19)8-17(9-12)23(20,21)14-7-10-3-1-2-4-13(10)22-14;/h1-4,7,11-12H,5-6,8-9,16H2,(H,18,19);1H/t11-,12+;/m0./s1. The molecular formula is C15H19ClN2O4S2. The zero-order valence-electron chi connectivity index (χ0n) is 12.8. The van der Waals surface area contributed by atoms with Crippen molar-refractivity contribution in [1.82, 2.24) is 4.31 Å². The van der Waals surface area contributed by atoms with Crippen molar-refractivity contribution in [3.8, 4) is 0 Å². The molecule has 2 atom stereocenters. The number of fused-ring (bicyclic) bond motifs is 1. The third kappa shape index (κ3) is 3.73. The van der Waals surface area contributed by atoms with Crippen molar-refractivity contribution in [3.05, 3.63) is 30.3 Å². The summed E-state index contributed by atoms with van der Waals surface area (Å²) in [4.78, 5) is 11.3. The fourth-order valence-electron chi connectivity index (χ4n) is 2.79. The molecule has 0 unspecified atom stereocenters. The van der Waals surface area contributed by atoms with Crippen LogP contribution in [0.3, 0.4) is 0 Å². The summed E-state index contributed by atoms with van der Waals surface area (Å²) in [6.45, 7) is 0.125. The van der Waals surface area contributed by atoms with E-state index in [2.05, 4.69) is 0 Å². The molecule has 0 spiro atoms. The number of carboxylic acids is 1. The van der Waals surface area contributed by atoms with Gasteiger partial charge < -0.3 is 10.8 Å². The summed E-state index contributed by atoms with van der Waals surface area (Å²) in [6.07, 6.45) is 0.907. The Morgan fingerprint density at radius 1 is 1.25 bits per heavy atom. The Hall–Kier alpha value is -1.19. The first-order valence-electron chi connectivity index (χ1n) is 7.35. The van der Waals surface area contributed by atoms with E-state index in [0.717, 1.165) is 10.1 Å².